The lowest BCUT2D eigenvalue weighted by molar-refractivity contribution is 0.0930. The lowest BCUT2D eigenvalue weighted by Crippen LogP contribution is -2.34. The first kappa shape index (κ1) is 12.1. The second-order valence-corrected chi connectivity index (χ2v) is 3.29. The molecule has 1 unspecified atom stereocenters. The Bertz CT molecular complexity index is 414. The second kappa shape index (κ2) is 5.81. The molecule has 16 heavy (non-hydrogen) atoms. The number of aromatic nitrogens is 1. The Morgan fingerprint density at radius 1 is 1.69 bits per heavy atom. The summed E-state index contributed by atoms with van der Waals surface area (Å²) in [6.07, 6.45) is 0.881. The zero-order valence-corrected chi connectivity index (χ0v) is 8.90. The molecule has 0 saturated carbocycles. The van der Waals surface area contributed by atoms with Gasteiger partial charge in [0.25, 0.3) is 5.91 Å². The number of pyridine rings is 1. The van der Waals surface area contributed by atoms with Gasteiger partial charge in [0.05, 0.1) is 12.5 Å². The van der Waals surface area contributed by atoms with Gasteiger partial charge in [0.15, 0.2) is 0 Å². The van der Waals surface area contributed by atoms with Crippen LogP contribution >= 0.6 is 0 Å². The first-order chi connectivity index (χ1) is 7.67. The van der Waals surface area contributed by atoms with Gasteiger partial charge in [-0.2, -0.15) is 9.65 Å². The van der Waals surface area contributed by atoms with E-state index in [-0.39, 0.29) is 18.2 Å². The van der Waals surface area contributed by atoms with Gasteiger partial charge in [-0.05, 0) is 18.6 Å². The SMILES string of the molecule is CCC(CC#N)NC(=O)c1cccc(F)n1. The Balaban J connectivity index is 2.68. The molecule has 1 aromatic heterocycles. The van der Waals surface area contributed by atoms with Crippen LogP contribution in [0.3, 0.4) is 0 Å². The molecule has 0 bridgehead atoms. The van der Waals surface area contributed by atoms with Crippen LogP contribution in [0.15, 0.2) is 18.2 Å². The van der Waals surface area contributed by atoms with Crippen molar-refractivity contribution in [2.45, 2.75) is 25.8 Å². The van der Waals surface area contributed by atoms with Crippen LogP contribution in [-0.2, 0) is 0 Å². The van der Waals surface area contributed by atoms with Crippen LogP contribution in [0.2, 0.25) is 0 Å². The van der Waals surface area contributed by atoms with Crippen LogP contribution in [0.25, 0.3) is 0 Å². The predicted molar refractivity (Wildman–Crippen MR) is 56.0 cm³/mol. The van der Waals surface area contributed by atoms with Gasteiger partial charge in [0, 0.05) is 6.04 Å². The highest BCUT2D eigenvalue weighted by Gasteiger charge is 2.13. The van der Waals surface area contributed by atoms with Crippen molar-refractivity contribution in [1.29, 1.82) is 5.26 Å². The van der Waals surface area contributed by atoms with E-state index in [4.69, 9.17) is 5.26 Å². The molecule has 0 aromatic carbocycles. The highest BCUT2D eigenvalue weighted by molar-refractivity contribution is 5.92. The standard InChI is InChI=1S/C11H12FN3O/c1-2-8(6-7-13)14-11(16)9-4-3-5-10(12)15-9/h3-5,8H,2,6H2,1H3,(H,14,16). The average molecular weight is 221 g/mol. The largest absolute Gasteiger partial charge is 0.347 e. The maximum absolute atomic E-state index is 12.8. The molecule has 5 heteroatoms. The summed E-state index contributed by atoms with van der Waals surface area (Å²) in [5, 5.41) is 11.1. The summed E-state index contributed by atoms with van der Waals surface area (Å²) >= 11 is 0. The van der Waals surface area contributed by atoms with Crippen molar-refractivity contribution in [2.24, 2.45) is 0 Å². The van der Waals surface area contributed by atoms with Crippen LogP contribution in [0.1, 0.15) is 30.3 Å². The summed E-state index contributed by atoms with van der Waals surface area (Å²) in [6, 6.07) is 5.78. The third-order valence-electron chi connectivity index (χ3n) is 2.11. The van der Waals surface area contributed by atoms with E-state index in [1.165, 1.54) is 18.2 Å². The summed E-state index contributed by atoms with van der Waals surface area (Å²) < 4.78 is 12.8. The monoisotopic (exact) mass is 221 g/mol. The summed E-state index contributed by atoms with van der Waals surface area (Å²) in [5.41, 5.74) is 0.0244. The molecule has 4 nitrogen and oxygen atoms in total. The molecule has 0 saturated heterocycles. The van der Waals surface area contributed by atoms with E-state index in [2.05, 4.69) is 10.3 Å². The smallest absolute Gasteiger partial charge is 0.270 e. The third kappa shape index (κ3) is 3.31. The Hall–Kier alpha value is -1.96. The minimum Gasteiger partial charge on any atom is -0.347 e. The normalized spacial score (nSPS) is 11.6. The van der Waals surface area contributed by atoms with E-state index in [1.54, 1.807) is 0 Å². The van der Waals surface area contributed by atoms with E-state index in [0.717, 1.165) is 0 Å². The molecule has 0 aliphatic heterocycles. The van der Waals surface area contributed by atoms with Gasteiger partial charge in [-0.3, -0.25) is 4.79 Å². The first-order valence-electron chi connectivity index (χ1n) is 4.97. The van der Waals surface area contributed by atoms with Crippen LogP contribution in [0, 0.1) is 17.3 Å². The van der Waals surface area contributed by atoms with Gasteiger partial charge in [-0.25, -0.2) is 4.98 Å². The van der Waals surface area contributed by atoms with Crippen LogP contribution in [0.5, 0.6) is 0 Å². The molecule has 84 valence electrons. The molecule has 0 radical (unpaired) electrons. The predicted octanol–water partition coefficient (Wildman–Crippen LogP) is 1.64. The summed E-state index contributed by atoms with van der Waals surface area (Å²) in [6.45, 7) is 1.86. The number of rotatable bonds is 4. The Labute approximate surface area is 93.1 Å². The molecule has 1 aromatic rings. The van der Waals surface area contributed by atoms with E-state index in [1.807, 2.05) is 13.0 Å². The number of nitrogens with one attached hydrogen (secondary N) is 1. The molecule has 0 fully saturated rings. The number of nitriles is 1. The van der Waals surface area contributed by atoms with Crippen LogP contribution in [0.4, 0.5) is 4.39 Å². The van der Waals surface area contributed by atoms with E-state index in [0.29, 0.717) is 6.42 Å². The zero-order valence-electron chi connectivity index (χ0n) is 8.90. The van der Waals surface area contributed by atoms with Crippen LogP contribution < -0.4 is 5.32 Å². The van der Waals surface area contributed by atoms with Crippen molar-refractivity contribution < 1.29 is 9.18 Å². The average Bonchev–Trinajstić information content (AvgIpc) is 2.28. The molecule has 1 rings (SSSR count). The van der Waals surface area contributed by atoms with Crippen molar-refractivity contribution in [3.63, 3.8) is 0 Å². The maximum Gasteiger partial charge on any atom is 0.270 e. The van der Waals surface area contributed by atoms with Crippen molar-refractivity contribution >= 4 is 5.91 Å². The van der Waals surface area contributed by atoms with Gasteiger partial charge >= 0.3 is 0 Å². The Kier molecular flexibility index (Phi) is 4.40. The lowest BCUT2D eigenvalue weighted by atomic mass is 10.1. The van der Waals surface area contributed by atoms with Gasteiger partial charge < -0.3 is 5.32 Å². The lowest BCUT2D eigenvalue weighted by Gasteiger charge is -2.12. The number of carbonyl (C=O) groups excluding carboxylic acids is 1. The fourth-order valence-corrected chi connectivity index (χ4v) is 1.20. The quantitative estimate of drug-likeness (QED) is 0.786. The molecular weight excluding hydrogens is 209 g/mol. The van der Waals surface area contributed by atoms with Crippen LogP contribution in [-0.4, -0.2) is 16.9 Å². The fourth-order valence-electron chi connectivity index (χ4n) is 1.20. The van der Waals surface area contributed by atoms with Crippen molar-refractivity contribution in [3.05, 3.63) is 29.8 Å². The van der Waals surface area contributed by atoms with Gasteiger partial charge in [0.2, 0.25) is 5.95 Å². The van der Waals surface area contributed by atoms with Crippen molar-refractivity contribution in [3.8, 4) is 6.07 Å². The maximum atomic E-state index is 12.8. The summed E-state index contributed by atoms with van der Waals surface area (Å²) in [7, 11) is 0. The third-order valence-corrected chi connectivity index (χ3v) is 2.11. The highest BCUT2D eigenvalue weighted by atomic mass is 19.1. The number of carbonyl (C=O) groups is 1. The topological polar surface area (TPSA) is 65.8 Å². The molecule has 0 aliphatic carbocycles. The molecule has 1 heterocycles. The van der Waals surface area contributed by atoms with E-state index < -0.39 is 11.9 Å². The number of nitrogens with zero attached hydrogens (tertiary/aromatic N) is 2. The van der Waals surface area contributed by atoms with Gasteiger partial charge in [-0.15, -0.1) is 0 Å². The molecule has 1 amide bonds. The number of amides is 1. The number of halogens is 1. The summed E-state index contributed by atoms with van der Waals surface area (Å²) in [5.74, 6) is -1.15. The molecule has 0 spiro atoms. The number of hydrogen-bond acceptors (Lipinski definition) is 3. The molecule has 1 N–H and O–H groups in total. The second-order valence-electron chi connectivity index (χ2n) is 3.29. The summed E-state index contributed by atoms with van der Waals surface area (Å²) in [4.78, 5) is 15.1. The Morgan fingerprint density at radius 2 is 2.44 bits per heavy atom. The fraction of sp³-hybridized carbons (Fsp3) is 0.364. The highest BCUT2D eigenvalue weighted by Crippen LogP contribution is 2.01. The van der Waals surface area contributed by atoms with E-state index >= 15 is 0 Å². The van der Waals surface area contributed by atoms with Crippen molar-refractivity contribution in [1.82, 2.24) is 10.3 Å². The van der Waals surface area contributed by atoms with E-state index in [9.17, 15) is 9.18 Å². The molecule has 1 atom stereocenters. The van der Waals surface area contributed by atoms with Gasteiger partial charge in [-0.1, -0.05) is 13.0 Å². The minimum absolute atomic E-state index is 0.0244. The Morgan fingerprint density at radius 3 is 3.00 bits per heavy atom. The zero-order chi connectivity index (χ0) is 12.0. The van der Waals surface area contributed by atoms with Gasteiger partial charge in [0.1, 0.15) is 5.69 Å². The minimum atomic E-state index is -0.694. The van der Waals surface area contributed by atoms with Crippen molar-refractivity contribution in [2.75, 3.05) is 0 Å². The number of hydrogen-bond donors (Lipinski definition) is 1. The first-order valence-corrected chi connectivity index (χ1v) is 4.97. The molecular formula is C11H12FN3O. The molecule has 0 aliphatic rings.